The fourth-order valence-electron chi connectivity index (χ4n) is 2.60. The third-order valence-corrected chi connectivity index (χ3v) is 3.89. The molecule has 0 unspecified atom stereocenters. The van der Waals surface area contributed by atoms with Crippen LogP contribution in [-0.2, 0) is 19.5 Å². The molecule has 6 nitrogen and oxygen atoms in total. The lowest BCUT2D eigenvalue weighted by Gasteiger charge is -2.09. The fraction of sp³-hybridized carbons (Fsp3) is 0.211. The molecule has 0 aliphatic heterocycles. The van der Waals surface area contributed by atoms with Crippen LogP contribution in [0, 0.1) is 5.82 Å². The number of aromatic nitrogens is 3. The molecule has 2 aromatic carbocycles. The number of hydrogen-bond acceptors (Lipinski definition) is 3. The minimum absolute atomic E-state index is 0.251. The van der Waals surface area contributed by atoms with Gasteiger partial charge in [-0.25, -0.2) is 18.9 Å². The molecule has 0 saturated heterocycles. The third-order valence-electron chi connectivity index (χ3n) is 3.89. The number of urea groups is 1. The predicted molar refractivity (Wildman–Crippen MR) is 95.9 cm³/mol. The summed E-state index contributed by atoms with van der Waals surface area (Å²) in [7, 11) is 0. The van der Waals surface area contributed by atoms with E-state index in [9.17, 15) is 9.18 Å². The lowest BCUT2D eigenvalue weighted by Crippen LogP contribution is -2.36. The van der Waals surface area contributed by atoms with Crippen molar-refractivity contribution in [2.45, 2.75) is 19.5 Å². The van der Waals surface area contributed by atoms with Crippen molar-refractivity contribution in [2.75, 3.05) is 6.54 Å². The Hall–Kier alpha value is -3.22. The number of carbonyl (C=O) groups is 1. The average molecular weight is 353 g/mol. The predicted octanol–water partition coefficient (Wildman–Crippen LogP) is 2.51. The number of amides is 2. The summed E-state index contributed by atoms with van der Waals surface area (Å²) >= 11 is 0. The largest absolute Gasteiger partial charge is 0.338 e. The maximum atomic E-state index is 13.5. The molecule has 2 N–H and O–H groups in total. The van der Waals surface area contributed by atoms with E-state index in [1.165, 1.54) is 12.4 Å². The van der Waals surface area contributed by atoms with Crippen LogP contribution in [0.5, 0.6) is 0 Å². The fourth-order valence-corrected chi connectivity index (χ4v) is 2.60. The second-order valence-electron chi connectivity index (χ2n) is 5.86. The van der Waals surface area contributed by atoms with Crippen molar-refractivity contribution in [3.63, 3.8) is 0 Å². The van der Waals surface area contributed by atoms with Gasteiger partial charge in [-0.05, 0) is 29.2 Å². The van der Waals surface area contributed by atoms with Crippen LogP contribution in [0.2, 0.25) is 0 Å². The standard InChI is InChI=1S/C19H20FN5O/c20-18-7-2-1-6-17(18)8-9-22-19(26)23-11-15-4-3-5-16(10-15)12-25-14-21-13-24-25/h1-7,10,13-14H,8-9,11-12H2,(H2,22,23,26). The van der Waals surface area contributed by atoms with Crippen LogP contribution in [0.15, 0.2) is 61.2 Å². The Kier molecular flexibility index (Phi) is 5.92. The molecule has 3 aromatic rings. The molecular formula is C19H20FN5O. The number of hydrogen-bond donors (Lipinski definition) is 2. The summed E-state index contributed by atoms with van der Waals surface area (Å²) in [5.41, 5.74) is 2.66. The molecule has 1 aromatic heterocycles. The van der Waals surface area contributed by atoms with Gasteiger partial charge in [-0.1, -0.05) is 42.5 Å². The highest BCUT2D eigenvalue weighted by atomic mass is 19.1. The molecule has 0 fully saturated rings. The monoisotopic (exact) mass is 353 g/mol. The molecule has 0 aliphatic carbocycles. The summed E-state index contributed by atoms with van der Waals surface area (Å²) in [5.74, 6) is -0.251. The molecular weight excluding hydrogens is 333 g/mol. The summed E-state index contributed by atoms with van der Waals surface area (Å²) < 4.78 is 15.3. The molecule has 0 spiro atoms. The molecule has 0 saturated carbocycles. The molecule has 0 radical (unpaired) electrons. The van der Waals surface area contributed by atoms with Crippen LogP contribution < -0.4 is 10.6 Å². The zero-order valence-electron chi connectivity index (χ0n) is 14.2. The first-order valence-corrected chi connectivity index (χ1v) is 8.36. The third kappa shape index (κ3) is 5.14. The molecule has 0 atom stereocenters. The van der Waals surface area contributed by atoms with Gasteiger partial charge in [0.25, 0.3) is 0 Å². The van der Waals surface area contributed by atoms with Gasteiger partial charge in [-0.15, -0.1) is 0 Å². The lowest BCUT2D eigenvalue weighted by atomic mass is 10.1. The summed E-state index contributed by atoms with van der Waals surface area (Å²) in [6.45, 7) is 1.42. The number of benzene rings is 2. The minimum atomic E-state index is -0.275. The Morgan fingerprint density at radius 3 is 2.73 bits per heavy atom. The van der Waals surface area contributed by atoms with Gasteiger partial charge in [0, 0.05) is 13.1 Å². The first-order valence-electron chi connectivity index (χ1n) is 8.36. The van der Waals surface area contributed by atoms with Gasteiger partial charge >= 0.3 is 6.03 Å². The molecule has 0 aliphatic rings. The van der Waals surface area contributed by atoms with Crippen molar-refractivity contribution in [1.82, 2.24) is 25.4 Å². The van der Waals surface area contributed by atoms with Crippen molar-refractivity contribution in [2.24, 2.45) is 0 Å². The molecule has 1 heterocycles. The summed E-state index contributed by atoms with van der Waals surface area (Å²) in [6, 6.07) is 14.2. The Bertz CT molecular complexity index is 851. The van der Waals surface area contributed by atoms with E-state index in [4.69, 9.17) is 0 Å². The first kappa shape index (κ1) is 17.6. The maximum Gasteiger partial charge on any atom is 0.315 e. The zero-order chi connectivity index (χ0) is 18.2. The average Bonchev–Trinajstić information content (AvgIpc) is 3.15. The number of nitrogens with zero attached hydrogens (tertiary/aromatic N) is 3. The first-order chi connectivity index (χ1) is 12.7. The van der Waals surface area contributed by atoms with Gasteiger partial charge < -0.3 is 10.6 Å². The van der Waals surface area contributed by atoms with E-state index in [-0.39, 0.29) is 11.8 Å². The second-order valence-corrected chi connectivity index (χ2v) is 5.86. The number of rotatable bonds is 7. The Labute approximate surface area is 151 Å². The summed E-state index contributed by atoms with van der Waals surface area (Å²) in [5, 5.41) is 9.63. The van der Waals surface area contributed by atoms with Crippen molar-refractivity contribution in [1.29, 1.82) is 0 Å². The topological polar surface area (TPSA) is 71.8 Å². The highest BCUT2D eigenvalue weighted by Crippen LogP contribution is 2.07. The van der Waals surface area contributed by atoms with Gasteiger partial charge in [-0.3, -0.25) is 0 Å². The van der Waals surface area contributed by atoms with Crippen molar-refractivity contribution in [3.05, 3.63) is 83.7 Å². The Morgan fingerprint density at radius 2 is 1.92 bits per heavy atom. The molecule has 3 rings (SSSR count). The van der Waals surface area contributed by atoms with E-state index in [0.29, 0.717) is 31.6 Å². The van der Waals surface area contributed by atoms with Crippen LogP contribution in [0.25, 0.3) is 0 Å². The van der Waals surface area contributed by atoms with E-state index < -0.39 is 0 Å². The van der Waals surface area contributed by atoms with Crippen molar-refractivity contribution >= 4 is 6.03 Å². The van der Waals surface area contributed by atoms with Crippen LogP contribution in [0.3, 0.4) is 0 Å². The Balaban J connectivity index is 1.43. The summed E-state index contributed by atoms with van der Waals surface area (Å²) in [6.07, 6.45) is 3.61. The van der Waals surface area contributed by atoms with Crippen LogP contribution >= 0.6 is 0 Å². The van der Waals surface area contributed by atoms with E-state index >= 15 is 0 Å². The van der Waals surface area contributed by atoms with E-state index in [2.05, 4.69) is 20.7 Å². The van der Waals surface area contributed by atoms with Gasteiger partial charge in [-0.2, -0.15) is 5.10 Å². The number of carbonyl (C=O) groups excluding carboxylic acids is 1. The van der Waals surface area contributed by atoms with Gasteiger partial charge in [0.05, 0.1) is 6.54 Å². The molecule has 134 valence electrons. The Morgan fingerprint density at radius 1 is 1.08 bits per heavy atom. The van der Waals surface area contributed by atoms with Crippen LogP contribution in [0.4, 0.5) is 9.18 Å². The highest BCUT2D eigenvalue weighted by Gasteiger charge is 2.04. The molecule has 2 amide bonds. The summed E-state index contributed by atoms with van der Waals surface area (Å²) in [4.78, 5) is 15.8. The van der Waals surface area contributed by atoms with E-state index in [0.717, 1.165) is 11.1 Å². The number of halogens is 1. The quantitative estimate of drug-likeness (QED) is 0.686. The van der Waals surface area contributed by atoms with Crippen LogP contribution in [-0.4, -0.2) is 27.3 Å². The SMILES string of the molecule is O=C(NCCc1ccccc1F)NCc1cccc(Cn2cncn2)c1. The van der Waals surface area contributed by atoms with E-state index in [1.807, 2.05) is 24.3 Å². The smallest absolute Gasteiger partial charge is 0.315 e. The van der Waals surface area contributed by atoms with Gasteiger partial charge in [0.2, 0.25) is 0 Å². The molecule has 7 heteroatoms. The zero-order valence-corrected chi connectivity index (χ0v) is 14.2. The van der Waals surface area contributed by atoms with Gasteiger partial charge in [0.1, 0.15) is 18.5 Å². The van der Waals surface area contributed by atoms with Gasteiger partial charge in [0.15, 0.2) is 0 Å². The minimum Gasteiger partial charge on any atom is -0.338 e. The molecule has 0 bridgehead atoms. The van der Waals surface area contributed by atoms with Crippen LogP contribution in [0.1, 0.15) is 16.7 Å². The molecule has 26 heavy (non-hydrogen) atoms. The normalized spacial score (nSPS) is 10.5. The second kappa shape index (κ2) is 8.75. The van der Waals surface area contributed by atoms with Crippen molar-refractivity contribution in [3.8, 4) is 0 Å². The highest BCUT2D eigenvalue weighted by molar-refractivity contribution is 5.73. The van der Waals surface area contributed by atoms with E-state index in [1.54, 1.807) is 29.2 Å². The maximum absolute atomic E-state index is 13.5. The number of nitrogens with one attached hydrogen (secondary N) is 2. The lowest BCUT2D eigenvalue weighted by molar-refractivity contribution is 0.240. The van der Waals surface area contributed by atoms with Crippen molar-refractivity contribution < 1.29 is 9.18 Å².